The molecule has 0 saturated carbocycles. The van der Waals surface area contributed by atoms with Gasteiger partial charge in [0, 0.05) is 11.0 Å². The number of carbonyl (C=O) groups is 1. The Labute approximate surface area is 172 Å². The van der Waals surface area contributed by atoms with Gasteiger partial charge >= 0.3 is 5.97 Å². The number of carboxylic acids is 1. The molecule has 29 heavy (non-hydrogen) atoms. The number of ether oxygens (including phenoxy) is 1. The summed E-state index contributed by atoms with van der Waals surface area (Å²) in [5.74, 6) is -0.505. The highest BCUT2D eigenvalue weighted by molar-refractivity contribution is 5.66. The molecule has 2 N–H and O–H groups in total. The number of likely N-dealkylation sites (tertiary alicyclic amines) is 1. The van der Waals surface area contributed by atoms with E-state index in [9.17, 15) is 9.90 Å². The fourth-order valence-corrected chi connectivity index (χ4v) is 4.30. The van der Waals surface area contributed by atoms with Crippen molar-refractivity contribution in [2.24, 2.45) is 0 Å². The summed E-state index contributed by atoms with van der Waals surface area (Å²) in [6, 6.07) is 16.3. The van der Waals surface area contributed by atoms with Crippen LogP contribution in [0.2, 0.25) is 0 Å². The molecule has 0 amide bonds. The average Bonchev–Trinajstić information content (AvgIpc) is 2.75. The largest absolute Gasteiger partial charge is 0.508 e. The molecule has 0 spiro atoms. The van der Waals surface area contributed by atoms with Gasteiger partial charge in [0.2, 0.25) is 0 Å². The Hall–Kier alpha value is -2.37. The molecule has 2 aromatic rings. The lowest BCUT2D eigenvalue weighted by Crippen LogP contribution is -2.43. The van der Waals surface area contributed by atoms with Crippen LogP contribution in [0.25, 0.3) is 0 Å². The fourth-order valence-electron chi connectivity index (χ4n) is 4.30. The quantitative estimate of drug-likeness (QED) is 0.630. The van der Waals surface area contributed by atoms with Crippen LogP contribution < -0.4 is 0 Å². The Kier molecular flexibility index (Phi) is 7.29. The molecular weight excluding hydrogens is 366 g/mol. The maximum absolute atomic E-state index is 10.8. The Bertz CT molecular complexity index is 798. The number of phenolic OH excluding ortho intramolecular Hbond substituents is 1. The number of hydrogen-bond acceptors (Lipinski definition) is 4. The first-order valence-electron chi connectivity index (χ1n) is 10.4. The van der Waals surface area contributed by atoms with Gasteiger partial charge in [-0.1, -0.05) is 49.4 Å². The number of carboxylic acid groups (broad SMARTS) is 1. The van der Waals surface area contributed by atoms with E-state index in [1.807, 2.05) is 12.1 Å². The fraction of sp³-hybridized carbons (Fsp3) is 0.458. The van der Waals surface area contributed by atoms with Crippen molar-refractivity contribution in [3.05, 3.63) is 65.2 Å². The molecule has 5 heteroatoms. The second-order valence-corrected chi connectivity index (χ2v) is 7.74. The van der Waals surface area contributed by atoms with Gasteiger partial charge in [-0.25, -0.2) is 0 Å². The predicted molar refractivity (Wildman–Crippen MR) is 113 cm³/mol. The van der Waals surface area contributed by atoms with E-state index in [4.69, 9.17) is 9.84 Å². The number of nitrogens with zero attached hydrogens (tertiary/aromatic N) is 1. The third-order valence-corrected chi connectivity index (χ3v) is 6.06. The van der Waals surface area contributed by atoms with Gasteiger partial charge in [0.15, 0.2) is 0 Å². The summed E-state index contributed by atoms with van der Waals surface area (Å²) in [7, 11) is 0. The average molecular weight is 398 g/mol. The molecule has 0 aromatic heterocycles. The molecule has 2 aromatic carbocycles. The first-order chi connectivity index (χ1) is 14.0. The van der Waals surface area contributed by atoms with Gasteiger partial charge in [0.05, 0.1) is 19.6 Å². The van der Waals surface area contributed by atoms with E-state index >= 15 is 0 Å². The Morgan fingerprint density at radius 1 is 1.10 bits per heavy atom. The molecule has 1 fully saturated rings. The van der Waals surface area contributed by atoms with Crippen molar-refractivity contribution < 1.29 is 19.7 Å². The number of piperidine rings is 1. The van der Waals surface area contributed by atoms with Crippen LogP contribution in [-0.2, 0) is 21.4 Å². The lowest BCUT2D eigenvalue weighted by molar-refractivity contribution is -0.138. The van der Waals surface area contributed by atoms with Crippen molar-refractivity contribution in [3.8, 4) is 5.75 Å². The summed E-state index contributed by atoms with van der Waals surface area (Å²) in [4.78, 5) is 13.1. The van der Waals surface area contributed by atoms with E-state index in [1.54, 1.807) is 6.07 Å². The zero-order valence-corrected chi connectivity index (χ0v) is 17.1. The Balaban J connectivity index is 1.83. The molecule has 5 nitrogen and oxygen atoms in total. The van der Waals surface area contributed by atoms with Crippen LogP contribution in [0, 0.1) is 0 Å². The van der Waals surface area contributed by atoms with Gasteiger partial charge in [-0.15, -0.1) is 0 Å². The molecule has 156 valence electrons. The third kappa shape index (κ3) is 5.17. The molecule has 1 aliphatic rings. The molecule has 3 rings (SSSR count). The van der Waals surface area contributed by atoms with Crippen LogP contribution in [0.5, 0.6) is 5.75 Å². The highest BCUT2D eigenvalue weighted by Crippen LogP contribution is 2.45. The molecule has 1 heterocycles. The second-order valence-electron chi connectivity index (χ2n) is 7.74. The van der Waals surface area contributed by atoms with Crippen molar-refractivity contribution in [3.63, 3.8) is 0 Å². The summed E-state index contributed by atoms with van der Waals surface area (Å²) in [5.41, 5.74) is 3.14. The second kappa shape index (κ2) is 9.90. The minimum Gasteiger partial charge on any atom is -0.508 e. The summed E-state index contributed by atoms with van der Waals surface area (Å²) in [6.45, 7) is 5.95. The van der Waals surface area contributed by atoms with Crippen molar-refractivity contribution in [2.45, 2.75) is 38.0 Å². The van der Waals surface area contributed by atoms with E-state index < -0.39 is 5.97 Å². The van der Waals surface area contributed by atoms with Crippen LogP contribution in [0.15, 0.2) is 48.5 Å². The highest BCUT2D eigenvalue weighted by Gasteiger charge is 2.39. The SMILES string of the molecule is CCN1CCC(c2ccccc2)(c2cc(CCOCCC(=O)O)ccc2O)CC1. The van der Waals surface area contributed by atoms with Gasteiger partial charge in [-0.3, -0.25) is 4.79 Å². The maximum Gasteiger partial charge on any atom is 0.305 e. The van der Waals surface area contributed by atoms with Gasteiger partial charge < -0.3 is 19.8 Å². The minimum absolute atomic E-state index is 0.0197. The Morgan fingerprint density at radius 3 is 2.48 bits per heavy atom. The van der Waals surface area contributed by atoms with Crippen LogP contribution >= 0.6 is 0 Å². The number of phenols is 1. The predicted octanol–water partition coefficient (Wildman–Crippen LogP) is 3.83. The monoisotopic (exact) mass is 397 g/mol. The minimum atomic E-state index is -0.847. The van der Waals surface area contributed by atoms with Crippen molar-refractivity contribution >= 4 is 5.97 Å². The maximum atomic E-state index is 10.8. The number of benzene rings is 2. The number of rotatable bonds is 9. The van der Waals surface area contributed by atoms with Crippen LogP contribution in [-0.4, -0.2) is 53.9 Å². The number of aromatic hydroxyl groups is 1. The lowest BCUT2D eigenvalue weighted by Gasteiger charge is -2.43. The molecule has 1 saturated heterocycles. The topological polar surface area (TPSA) is 70.0 Å². The number of hydrogen-bond donors (Lipinski definition) is 2. The van der Waals surface area contributed by atoms with Crippen molar-refractivity contribution in [2.75, 3.05) is 32.8 Å². The van der Waals surface area contributed by atoms with E-state index in [0.29, 0.717) is 18.8 Å². The summed E-state index contributed by atoms with van der Waals surface area (Å²) < 4.78 is 5.45. The molecule has 1 aliphatic heterocycles. The molecule has 0 bridgehead atoms. The van der Waals surface area contributed by atoms with Gasteiger partial charge in [0.25, 0.3) is 0 Å². The molecule has 0 aliphatic carbocycles. The highest BCUT2D eigenvalue weighted by atomic mass is 16.5. The van der Waals surface area contributed by atoms with Crippen molar-refractivity contribution in [1.82, 2.24) is 4.90 Å². The first-order valence-corrected chi connectivity index (χ1v) is 10.4. The Morgan fingerprint density at radius 2 is 1.83 bits per heavy atom. The van der Waals surface area contributed by atoms with Gasteiger partial charge in [-0.05, 0) is 56.1 Å². The smallest absolute Gasteiger partial charge is 0.305 e. The van der Waals surface area contributed by atoms with Crippen LogP contribution in [0.3, 0.4) is 0 Å². The van der Waals surface area contributed by atoms with E-state index in [1.165, 1.54) is 5.56 Å². The standard InChI is InChI=1S/C24H31NO4/c1-2-25-14-12-24(13-15-25,20-6-4-3-5-7-20)21-18-19(8-9-22(21)26)10-16-29-17-11-23(27)28/h3-9,18,26H,2,10-17H2,1H3,(H,27,28). The van der Waals surface area contributed by atoms with E-state index in [-0.39, 0.29) is 18.4 Å². The summed E-state index contributed by atoms with van der Waals surface area (Å²) in [6.07, 6.45) is 2.65. The normalized spacial score (nSPS) is 16.6. The summed E-state index contributed by atoms with van der Waals surface area (Å²) >= 11 is 0. The number of aliphatic carboxylic acids is 1. The molecule has 0 radical (unpaired) electrons. The zero-order valence-electron chi connectivity index (χ0n) is 17.1. The lowest BCUT2D eigenvalue weighted by atomic mass is 9.67. The van der Waals surface area contributed by atoms with Crippen LogP contribution in [0.4, 0.5) is 0 Å². The van der Waals surface area contributed by atoms with Crippen LogP contribution in [0.1, 0.15) is 42.9 Å². The molecule has 0 unspecified atom stereocenters. The first kappa shape index (κ1) is 21.3. The molecular formula is C24H31NO4. The van der Waals surface area contributed by atoms with Crippen molar-refractivity contribution in [1.29, 1.82) is 0 Å². The van der Waals surface area contributed by atoms with Gasteiger partial charge in [0.1, 0.15) is 5.75 Å². The van der Waals surface area contributed by atoms with E-state index in [2.05, 4.69) is 42.2 Å². The van der Waals surface area contributed by atoms with Gasteiger partial charge in [-0.2, -0.15) is 0 Å². The zero-order chi connectivity index (χ0) is 20.7. The third-order valence-electron chi connectivity index (χ3n) is 6.06. The van der Waals surface area contributed by atoms with E-state index in [0.717, 1.165) is 43.6 Å². The molecule has 0 atom stereocenters. The summed E-state index contributed by atoms with van der Waals surface area (Å²) in [5, 5.41) is 19.5.